The fraction of sp³-hybridized carbons (Fsp3) is 0.600. The van der Waals surface area contributed by atoms with Gasteiger partial charge >= 0.3 is 0 Å². The molecule has 0 radical (unpaired) electrons. The van der Waals surface area contributed by atoms with Crippen molar-refractivity contribution in [3.63, 3.8) is 0 Å². The topological polar surface area (TPSA) is 57.8 Å². The van der Waals surface area contributed by atoms with E-state index in [1.165, 1.54) is 43.4 Å². The van der Waals surface area contributed by atoms with Crippen molar-refractivity contribution < 1.29 is 0 Å². The van der Waals surface area contributed by atoms with Crippen LogP contribution in [0.25, 0.3) is 10.2 Å². The van der Waals surface area contributed by atoms with Crippen molar-refractivity contribution in [2.45, 2.75) is 58.5 Å². The van der Waals surface area contributed by atoms with Crippen LogP contribution < -0.4 is 10.9 Å². The maximum absolute atomic E-state index is 11.9. The second-order valence-electron chi connectivity index (χ2n) is 5.16. The SMILES string of the molecule is CCCCC(CCC)NCc1nc2ccsc2c(=O)[nH]1. The third-order valence-corrected chi connectivity index (χ3v) is 4.37. The molecule has 2 aromatic rings. The van der Waals surface area contributed by atoms with Crippen LogP contribution in [-0.4, -0.2) is 16.0 Å². The first-order chi connectivity index (χ1) is 9.74. The maximum atomic E-state index is 11.9. The summed E-state index contributed by atoms with van der Waals surface area (Å²) in [6.07, 6.45) is 6.00. The second-order valence-corrected chi connectivity index (χ2v) is 6.07. The largest absolute Gasteiger partial charge is 0.308 e. The van der Waals surface area contributed by atoms with Crippen LogP contribution in [-0.2, 0) is 6.54 Å². The Kier molecular flexibility index (Phi) is 5.73. The van der Waals surface area contributed by atoms with Gasteiger partial charge in [0.05, 0.1) is 12.1 Å². The van der Waals surface area contributed by atoms with Gasteiger partial charge in [-0.2, -0.15) is 0 Å². The van der Waals surface area contributed by atoms with Crippen LogP contribution in [0.1, 0.15) is 51.8 Å². The molecule has 0 aliphatic heterocycles. The number of hydrogen-bond acceptors (Lipinski definition) is 4. The summed E-state index contributed by atoms with van der Waals surface area (Å²) < 4.78 is 0.713. The molecule has 1 atom stereocenters. The average molecular weight is 293 g/mol. The highest BCUT2D eigenvalue weighted by Gasteiger charge is 2.09. The number of aromatic nitrogens is 2. The number of fused-ring (bicyclic) bond motifs is 1. The average Bonchev–Trinajstić information content (AvgIpc) is 2.91. The molecule has 0 bridgehead atoms. The van der Waals surface area contributed by atoms with Crippen LogP contribution in [0, 0.1) is 0 Å². The first-order valence-electron chi connectivity index (χ1n) is 7.44. The summed E-state index contributed by atoms with van der Waals surface area (Å²) in [5, 5.41) is 5.43. The van der Waals surface area contributed by atoms with E-state index >= 15 is 0 Å². The molecule has 1 unspecified atom stereocenters. The van der Waals surface area contributed by atoms with Crippen molar-refractivity contribution >= 4 is 21.6 Å². The molecule has 20 heavy (non-hydrogen) atoms. The van der Waals surface area contributed by atoms with E-state index in [1.54, 1.807) is 0 Å². The lowest BCUT2D eigenvalue weighted by molar-refractivity contribution is 0.429. The van der Waals surface area contributed by atoms with Gasteiger partial charge in [-0.3, -0.25) is 4.79 Å². The zero-order chi connectivity index (χ0) is 14.4. The molecule has 2 N–H and O–H groups in total. The summed E-state index contributed by atoms with van der Waals surface area (Å²) in [7, 11) is 0. The predicted molar refractivity (Wildman–Crippen MR) is 85.3 cm³/mol. The minimum Gasteiger partial charge on any atom is -0.308 e. The number of unbranched alkanes of at least 4 members (excludes halogenated alkanes) is 1. The molecule has 0 spiro atoms. The highest BCUT2D eigenvalue weighted by molar-refractivity contribution is 7.17. The lowest BCUT2D eigenvalue weighted by Gasteiger charge is -2.17. The first-order valence-corrected chi connectivity index (χ1v) is 8.32. The Morgan fingerprint density at radius 1 is 1.35 bits per heavy atom. The van der Waals surface area contributed by atoms with Gasteiger partial charge in [-0.05, 0) is 24.3 Å². The van der Waals surface area contributed by atoms with Crippen LogP contribution >= 0.6 is 11.3 Å². The van der Waals surface area contributed by atoms with E-state index < -0.39 is 0 Å². The molecule has 5 heteroatoms. The molecule has 110 valence electrons. The molecular formula is C15H23N3OS. The highest BCUT2D eigenvalue weighted by atomic mass is 32.1. The molecule has 0 saturated heterocycles. The van der Waals surface area contributed by atoms with Gasteiger partial charge in [0.2, 0.25) is 0 Å². The fourth-order valence-corrected chi connectivity index (χ4v) is 3.12. The Hall–Kier alpha value is -1.20. The van der Waals surface area contributed by atoms with Gasteiger partial charge in [0.1, 0.15) is 10.5 Å². The van der Waals surface area contributed by atoms with Crippen LogP contribution in [0.2, 0.25) is 0 Å². The number of rotatable bonds is 8. The Morgan fingerprint density at radius 3 is 2.95 bits per heavy atom. The van der Waals surface area contributed by atoms with E-state index in [4.69, 9.17) is 0 Å². The van der Waals surface area contributed by atoms with E-state index in [0.29, 0.717) is 17.3 Å². The number of hydrogen-bond donors (Lipinski definition) is 2. The van der Waals surface area contributed by atoms with Crippen LogP contribution in [0.5, 0.6) is 0 Å². The molecule has 0 saturated carbocycles. The number of H-pyrrole nitrogens is 1. The Balaban J connectivity index is 2.01. The van der Waals surface area contributed by atoms with Crippen molar-refractivity contribution in [1.29, 1.82) is 0 Å². The van der Waals surface area contributed by atoms with Crippen molar-refractivity contribution in [1.82, 2.24) is 15.3 Å². The quantitative estimate of drug-likeness (QED) is 0.784. The third kappa shape index (κ3) is 3.90. The number of nitrogens with zero attached hydrogens (tertiary/aromatic N) is 1. The van der Waals surface area contributed by atoms with Crippen LogP contribution in [0.4, 0.5) is 0 Å². The normalized spacial score (nSPS) is 12.9. The van der Waals surface area contributed by atoms with Gasteiger partial charge in [-0.25, -0.2) is 4.98 Å². The lowest BCUT2D eigenvalue weighted by Crippen LogP contribution is -2.30. The summed E-state index contributed by atoms with van der Waals surface area (Å²) in [5.41, 5.74) is 0.776. The Morgan fingerprint density at radius 2 is 2.20 bits per heavy atom. The molecule has 0 aliphatic rings. The summed E-state index contributed by atoms with van der Waals surface area (Å²) in [6, 6.07) is 2.42. The molecule has 2 heterocycles. The Bertz CT molecular complexity index is 590. The first kappa shape index (κ1) is 15.2. The predicted octanol–water partition coefficient (Wildman–Crippen LogP) is 3.43. The standard InChI is InChI=1S/C15H23N3OS/c1-3-5-7-11(6-4-2)16-10-13-17-12-8-9-20-14(12)15(19)18-13/h8-9,11,16H,3-7,10H2,1-2H3,(H,17,18,19). The van der Waals surface area contributed by atoms with E-state index in [9.17, 15) is 4.79 Å². The molecule has 4 nitrogen and oxygen atoms in total. The molecule has 0 aliphatic carbocycles. The van der Waals surface area contributed by atoms with Crippen LogP contribution in [0.15, 0.2) is 16.2 Å². The van der Waals surface area contributed by atoms with E-state index in [-0.39, 0.29) is 5.56 Å². The number of nitrogens with one attached hydrogen (secondary N) is 2. The number of aromatic amines is 1. The van der Waals surface area contributed by atoms with Gasteiger partial charge in [0.15, 0.2) is 0 Å². The van der Waals surface area contributed by atoms with Crippen molar-refractivity contribution in [2.24, 2.45) is 0 Å². The lowest BCUT2D eigenvalue weighted by atomic mass is 10.1. The minimum atomic E-state index is -0.0256. The smallest absolute Gasteiger partial charge is 0.268 e. The summed E-state index contributed by atoms with van der Waals surface area (Å²) in [5.74, 6) is 0.735. The van der Waals surface area contributed by atoms with Gasteiger partial charge in [-0.1, -0.05) is 33.1 Å². The molecule has 0 aromatic carbocycles. The van der Waals surface area contributed by atoms with Crippen molar-refractivity contribution in [3.8, 4) is 0 Å². The molecule has 2 aromatic heterocycles. The van der Waals surface area contributed by atoms with E-state index in [2.05, 4.69) is 29.1 Å². The van der Waals surface area contributed by atoms with Crippen molar-refractivity contribution in [3.05, 3.63) is 27.6 Å². The zero-order valence-electron chi connectivity index (χ0n) is 12.2. The monoisotopic (exact) mass is 293 g/mol. The minimum absolute atomic E-state index is 0.0256. The summed E-state index contributed by atoms with van der Waals surface area (Å²) in [6.45, 7) is 5.06. The second kappa shape index (κ2) is 7.55. The maximum Gasteiger partial charge on any atom is 0.268 e. The van der Waals surface area contributed by atoms with Gasteiger partial charge in [0, 0.05) is 6.04 Å². The molecule has 2 rings (SSSR count). The Labute approximate surface area is 123 Å². The van der Waals surface area contributed by atoms with E-state index in [0.717, 1.165) is 11.3 Å². The fourth-order valence-electron chi connectivity index (χ4n) is 2.39. The van der Waals surface area contributed by atoms with E-state index in [1.807, 2.05) is 11.4 Å². The molecule has 0 fully saturated rings. The third-order valence-electron chi connectivity index (χ3n) is 3.47. The van der Waals surface area contributed by atoms with Gasteiger partial charge < -0.3 is 10.3 Å². The summed E-state index contributed by atoms with van der Waals surface area (Å²) >= 11 is 1.44. The van der Waals surface area contributed by atoms with Gasteiger partial charge in [-0.15, -0.1) is 11.3 Å². The van der Waals surface area contributed by atoms with Gasteiger partial charge in [0.25, 0.3) is 5.56 Å². The molecule has 0 amide bonds. The van der Waals surface area contributed by atoms with Crippen LogP contribution in [0.3, 0.4) is 0 Å². The molecular weight excluding hydrogens is 270 g/mol. The zero-order valence-corrected chi connectivity index (χ0v) is 13.1. The number of thiophene rings is 1. The van der Waals surface area contributed by atoms with Crippen molar-refractivity contribution in [2.75, 3.05) is 0 Å². The summed E-state index contributed by atoms with van der Waals surface area (Å²) in [4.78, 5) is 19.3. The highest BCUT2D eigenvalue weighted by Crippen LogP contribution is 2.14.